The summed E-state index contributed by atoms with van der Waals surface area (Å²) in [5.74, 6) is -0.502. The van der Waals surface area contributed by atoms with E-state index in [4.69, 9.17) is 4.74 Å². The normalized spacial score (nSPS) is 11.9. The Morgan fingerprint density at radius 2 is 1.78 bits per heavy atom. The summed E-state index contributed by atoms with van der Waals surface area (Å²) >= 11 is -3.53. The number of aryl methyl sites for hydroxylation is 3. The van der Waals surface area contributed by atoms with Crippen LogP contribution in [0.15, 0.2) is 66.0 Å². The van der Waals surface area contributed by atoms with Crippen LogP contribution < -0.4 is 4.57 Å². The van der Waals surface area contributed by atoms with Crippen LogP contribution in [0.4, 0.5) is 0 Å². The number of halogens is 1. The van der Waals surface area contributed by atoms with Crippen molar-refractivity contribution in [3.63, 3.8) is 0 Å². The zero-order chi connectivity index (χ0) is 23.3. The Labute approximate surface area is 195 Å². The quantitative estimate of drug-likeness (QED) is 0.183. The first kappa shape index (κ1) is 24.4. The van der Waals surface area contributed by atoms with Gasteiger partial charge in [-0.2, -0.15) is 0 Å². The van der Waals surface area contributed by atoms with Gasteiger partial charge in [-0.15, -0.1) is 0 Å². The van der Waals surface area contributed by atoms with Crippen molar-refractivity contribution in [1.29, 1.82) is 0 Å². The SMILES string of the molecule is CCCC[n+]1cc(COC(=O)c2ccc(I(O)S(=O)(=O)c3ccc(C)cc3)cc2)n(C)c1. The fourth-order valence-corrected chi connectivity index (χ4v) is 9.90. The Kier molecular flexibility index (Phi) is 8.07. The maximum absolute atomic E-state index is 12.7. The Balaban J connectivity index is 1.65. The predicted octanol–water partition coefficient (Wildman–Crippen LogP) is 3.75. The Bertz CT molecular complexity index is 1170. The molecule has 2 aromatic carbocycles. The zero-order valence-electron chi connectivity index (χ0n) is 18.4. The number of hydrogen-bond donors (Lipinski definition) is 1. The molecule has 0 unspecified atom stereocenters. The molecule has 3 aromatic rings. The third-order valence-electron chi connectivity index (χ3n) is 4.97. The van der Waals surface area contributed by atoms with Crippen molar-refractivity contribution in [3.8, 4) is 0 Å². The molecule has 0 fully saturated rings. The van der Waals surface area contributed by atoms with E-state index in [0.717, 1.165) is 30.6 Å². The van der Waals surface area contributed by atoms with Crippen molar-refractivity contribution < 1.29 is 26.0 Å². The molecule has 1 aromatic heterocycles. The molecule has 1 heterocycles. The van der Waals surface area contributed by atoms with E-state index in [-0.39, 0.29) is 11.5 Å². The molecule has 0 radical (unpaired) electrons. The number of nitrogens with zero attached hydrogens (tertiary/aromatic N) is 2. The number of esters is 1. The van der Waals surface area contributed by atoms with Crippen LogP contribution >= 0.6 is 18.8 Å². The molecule has 0 bridgehead atoms. The number of hydrogen-bond acceptors (Lipinski definition) is 5. The van der Waals surface area contributed by atoms with Gasteiger partial charge in [-0.1, -0.05) is 13.3 Å². The average molecular weight is 571 g/mol. The minimum absolute atomic E-state index is 0.109. The molecule has 32 heavy (non-hydrogen) atoms. The Morgan fingerprint density at radius 3 is 2.41 bits per heavy atom. The van der Waals surface area contributed by atoms with Gasteiger partial charge in [0.15, 0.2) is 0 Å². The number of benzene rings is 2. The van der Waals surface area contributed by atoms with Gasteiger partial charge in [-0.3, -0.25) is 0 Å². The summed E-state index contributed by atoms with van der Waals surface area (Å²) in [6, 6.07) is 12.4. The molecule has 7 nitrogen and oxygen atoms in total. The number of ether oxygens (including phenoxy) is 1. The molecule has 0 saturated heterocycles. The molecule has 9 heteroatoms. The first-order chi connectivity index (χ1) is 15.2. The van der Waals surface area contributed by atoms with E-state index in [1.807, 2.05) is 31.1 Å². The van der Waals surface area contributed by atoms with Gasteiger partial charge in [0.1, 0.15) is 0 Å². The van der Waals surface area contributed by atoms with Gasteiger partial charge in [0.05, 0.1) is 0 Å². The summed E-state index contributed by atoms with van der Waals surface area (Å²) in [6.45, 7) is 5.05. The first-order valence-electron chi connectivity index (χ1n) is 10.3. The minimum atomic E-state index is -3.81. The van der Waals surface area contributed by atoms with Crippen molar-refractivity contribution in [2.24, 2.45) is 7.05 Å². The van der Waals surface area contributed by atoms with E-state index in [9.17, 15) is 16.6 Å². The van der Waals surface area contributed by atoms with E-state index in [1.54, 1.807) is 12.1 Å². The number of aromatic nitrogens is 2. The number of imidazole rings is 1. The van der Waals surface area contributed by atoms with Crippen molar-refractivity contribution in [3.05, 3.63) is 81.4 Å². The monoisotopic (exact) mass is 571 g/mol. The van der Waals surface area contributed by atoms with Gasteiger partial charge in [0.2, 0.25) is 0 Å². The van der Waals surface area contributed by atoms with Crippen molar-refractivity contribution in [2.45, 2.75) is 44.7 Å². The standard InChI is InChI=1S/C23H28IN2O5S/c1-4-5-14-26-15-21(25(3)17-26)16-31-23(27)19-8-10-20(11-9-19)24(28)32(29,30)22-12-6-18(2)7-13-22/h6-13,15,17,28H,4-5,14,16H2,1-3H3/q+1. The van der Waals surface area contributed by atoms with Gasteiger partial charge in [0, 0.05) is 0 Å². The van der Waals surface area contributed by atoms with Crippen LogP contribution in [-0.2, 0) is 31.9 Å². The average Bonchev–Trinajstić information content (AvgIpc) is 3.15. The molecule has 0 spiro atoms. The number of unbranched alkanes of at least 4 members (excludes halogenated alkanes) is 1. The molecule has 0 saturated carbocycles. The molecule has 3 rings (SSSR count). The molecular formula is C23H28IN2O5S+. The van der Waals surface area contributed by atoms with Gasteiger partial charge in [0.25, 0.3) is 0 Å². The van der Waals surface area contributed by atoms with Crippen molar-refractivity contribution >= 4 is 31.8 Å². The number of carbonyl (C=O) groups is 1. The topological polar surface area (TPSA) is 89.5 Å². The second-order valence-electron chi connectivity index (χ2n) is 7.50. The summed E-state index contributed by atoms with van der Waals surface area (Å²) in [6.07, 6.45) is 6.11. The molecule has 1 N–H and O–H groups in total. The van der Waals surface area contributed by atoms with Crippen molar-refractivity contribution in [2.75, 3.05) is 0 Å². The van der Waals surface area contributed by atoms with E-state index < -0.39 is 31.8 Å². The van der Waals surface area contributed by atoms with E-state index in [1.165, 1.54) is 36.4 Å². The molecule has 0 aliphatic carbocycles. The van der Waals surface area contributed by atoms with Gasteiger partial charge in [-0.05, 0) is 0 Å². The summed E-state index contributed by atoms with van der Waals surface area (Å²) in [7, 11) is -1.90. The fraction of sp³-hybridized carbons (Fsp3) is 0.304. The van der Waals surface area contributed by atoms with Crippen LogP contribution in [0, 0.1) is 10.5 Å². The van der Waals surface area contributed by atoms with Crippen LogP contribution in [0.5, 0.6) is 0 Å². The molecular weight excluding hydrogens is 543 g/mol. The van der Waals surface area contributed by atoms with Crippen LogP contribution in [0.2, 0.25) is 0 Å². The fourth-order valence-electron chi connectivity index (χ4n) is 3.03. The van der Waals surface area contributed by atoms with E-state index in [0.29, 0.717) is 9.13 Å². The second kappa shape index (κ2) is 10.6. The van der Waals surface area contributed by atoms with Gasteiger partial charge < -0.3 is 0 Å². The number of rotatable bonds is 9. The summed E-state index contributed by atoms with van der Waals surface area (Å²) in [5.41, 5.74) is 2.12. The third-order valence-corrected chi connectivity index (χ3v) is 14.0. The summed E-state index contributed by atoms with van der Waals surface area (Å²) in [5, 5.41) is 0. The first-order valence-corrected chi connectivity index (χ1v) is 16.3. The van der Waals surface area contributed by atoms with Crippen LogP contribution in [0.3, 0.4) is 0 Å². The van der Waals surface area contributed by atoms with Crippen LogP contribution in [0.1, 0.15) is 41.4 Å². The zero-order valence-corrected chi connectivity index (χ0v) is 21.3. The number of carbonyl (C=O) groups excluding carboxylic acids is 1. The molecule has 0 aliphatic rings. The van der Waals surface area contributed by atoms with Crippen LogP contribution in [0.25, 0.3) is 0 Å². The van der Waals surface area contributed by atoms with Gasteiger partial charge >= 0.3 is 182 Å². The molecule has 0 atom stereocenters. The third kappa shape index (κ3) is 5.76. The van der Waals surface area contributed by atoms with E-state index in [2.05, 4.69) is 11.5 Å². The maximum atomic E-state index is 12.7. The summed E-state index contributed by atoms with van der Waals surface area (Å²) in [4.78, 5) is 12.5. The molecule has 0 aliphatic heterocycles. The Hall–Kier alpha value is -2.24. The van der Waals surface area contributed by atoms with Gasteiger partial charge in [-0.25, -0.2) is 0 Å². The molecule has 172 valence electrons. The van der Waals surface area contributed by atoms with Crippen molar-refractivity contribution in [1.82, 2.24) is 4.57 Å². The Morgan fingerprint density at radius 1 is 1.12 bits per heavy atom. The van der Waals surface area contributed by atoms with Crippen LogP contribution in [-0.4, -0.2) is 22.4 Å². The predicted molar refractivity (Wildman–Crippen MR) is 129 cm³/mol. The molecule has 0 amide bonds. The second-order valence-corrected chi connectivity index (χ2v) is 16.9. The summed E-state index contributed by atoms with van der Waals surface area (Å²) < 4.78 is 45.8. The van der Waals surface area contributed by atoms with E-state index >= 15 is 0 Å².